The Hall–Kier alpha value is -3.15. The number of H-pyrrole nitrogens is 1. The Labute approximate surface area is 127 Å². The summed E-state index contributed by atoms with van der Waals surface area (Å²) in [5.41, 5.74) is 3.54. The molecule has 0 aliphatic heterocycles. The quantitative estimate of drug-likeness (QED) is 0.690. The molecular weight excluding hydrogens is 278 g/mol. The molecule has 3 rings (SSSR count). The lowest BCUT2D eigenvalue weighted by Gasteiger charge is -2.07. The molecule has 2 aromatic heterocycles. The van der Waals surface area contributed by atoms with Gasteiger partial charge in [0, 0.05) is 30.2 Å². The van der Waals surface area contributed by atoms with E-state index in [1.54, 1.807) is 24.5 Å². The van der Waals surface area contributed by atoms with E-state index in [1.807, 2.05) is 37.4 Å². The van der Waals surface area contributed by atoms with E-state index in [0.717, 1.165) is 11.3 Å². The highest BCUT2D eigenvalue weighted by molar-refractivity contribution is 6.03. The average molecular weight is 293 g/mol. The number of nitrogens with one attached hydrogen (secondary N) is 3. The SMILES string of the molecule is CNc1cccc(NC(=O)c2cccc(-c3cn[nH]c3)n2)c1. The minimum absolute atomic E-state index is 0.251. The van der Waals surface area contributed by atoms with Gasteiger partial charge in [0.05, 0.1) is 11.9 Å². The van der Waals surface area contributed by atoms with E-state index in [1.165, 1.54) is 0 Å². The Morgan fingerprint density at radius 3 is 2.73 bits per heavy atom. The van der Waals surface area contributed by atoms with E-state index in [9.17, 15) is 4.79 Å². The first-order valence-electron chi connectivity index (χ1n) is 6.81. The summed E-state index contributed by atoms with van der Waals surface area (Å²) in [5.74, 6) is -0.251. The van der Waals surface area contributed by atoms with Gasteiger partial charge in [-0.1, -0.05) is 12.1 Å². The summed E-state index contributed by atoms with van der Waals surface area (Å²) in [7, 11) is 1.83. The van der Waals surface area contributed by atoms with Crippen molar-refractivity contribution in [3.63, 3.8) is 0 Å². The van der Waals surface area contributed by atoms with Crippen LogP contribution in [0.1, 0.15) is 10.5 Å². The van der Waals surface area contributed by atoms with Crippen LogP contribution in [0.25, 0.3) is 11.3 Å². The Balaban J connectivity index is 1.81. The summed E-state index contributed by atoms with van der Waals surface area (Å²) in [5, 5.41) is 12.5. The highest BCUT2D eigenvalue weighted by Crippen LogP contribution is 2.17. The fraction of sp³-hybridized carbons (Fsp3) is 0.0625. The number of nitrogens with zero attached hydrogens (tertiary/aromatic N) is 2. The maximum Gasteiger partial charge on any atom is 0.274 e. The van der Waals surface area contributed by atoms with Gasteiger partial charge in [0.25, 0.3) is 5.91 Å². The van der Waals surface area contributed by atoms with Crippen LogP contribution in [0.4, 0.5) is 11.4 Å². The van der Waals surface area contributed by atoms with Crippen molar-refractivity contribution < 1.29 is 4.79 Å². The van der Waals surface area contributed by atoms with Gasteiger partial charge in [0.2, 0.25) is 0 Å². The van der Waals surface area contributed by atoms with Crippen molar-refractivity contribution in [2.75, 3.05) is 17.7 Å². The minimum Gasteiger partial charge on any atom is -0.388 e. The molecule has 6 nitrogen and oxygen atoms in total. The molecule has 0 aliphatic rings. The molecular formula is C16H15N5O. The maximum absolute atomic E-state index is 12.3. The summed E-state index contributed by atoms with van der Waals surface area (Å²) in [6.07, 6.45) is 3.40. The highest BCUT2D eigenvalue weighted by Gasteiger charge is 2.10. The van der Waals surface area contributed by atoms with Crippen molar-refractivity contribution in [3.05, 3.63) is 60.6 Å². The lowest BCUT2D eigenvalue weighted by molar-refractivity contribution is 0.102. The van der Waals surface area contributed by atoms with Crippen molar-refractivity contribution in [2.45, 2.75) is 0 Å². The van der Waals surface area contributed by atoms with E-state index in [-0.39, 0.29) is 5.91 Å². The van der Waals surface area contributed by atoms with Crippen molar-refractivity contribution >= 4 is 17.3 Å². The summed E-state index contributed by atoms with van der Waals surface area (Å²) >= 11 is 0. The van der Waals surface area contributed by atoms with Crippen LogP contribution in [0, 0.1) is 0 Å². The molecule has 0 aliphatic carbocycles. The third-order valence-corrected chi connectivity index (χ3v) is 3.18. The van der Waals surface area contributed by atoms with Crippen LogP contribution in [-0.2, 0) is 0 Å². The summed E-state index contributed by atoms with van der Waals surface area (Å²) in [6.45, 7) is 0. The van der Waals surface area contributed by atoms with Gasteiger partial charge in [0.1, 0.15) is 5.69 Å². The van der Waals surface area contributed by atoms with E-state index in [4.69, 9.17) is 0 Å². The number of pyridine rings is 1. The molecule has 0 atom stereocenters. The van der Waals surface area contributed by atoms with Crippen molar-refractivity contribution in [1.82, 2.24) is 15.2 Å². The third-order valence-electron chi connectivity index (χ3n) is 3.18. The number of carbonyl (C=O) groups is 1. The smallest absolute Gasteiger partial charge is 0.274 e. The first-order chi connectivity index (χ1) is 10.8. The predicted octanol–water partition coefficient (Wildman–Crippen LogP) is 2.77. The second-order valence-electron chi connectivity index (χ2n) is 4.68. The number of hydrogen-bond donors (Lipinski definition) is 3. The van der Waals surface area contributed by atoms with Gasteiger partial charge in [-0.15, -0.1) is 0 Å². The molecule has 2 heterocycles. The number of carbonyl (C=O) groups excluding carboxylic acids is 1. The zero-order chi connectivity index (χ0) is 15.4. The topological polar surface area (TPSA) is 82.7 Å². The number of anilines is 2. The Morgan fingerprint density at radius 2 is 1.95 bits per heavy atom. The highest BCUT2D eigenvalue weighted by atomic mass is 16.1. The molecule has 3 N–H and O–H groups in total. The minimum atomic E-state index is -0.251. The largest absolute Gasteiger partial charge is 0.388 e. The Bertz CT molecular complexity index is 783. The van der Waals surface area contributed by atoms with Gasteiger partial charge in [-0.3, -0.25) is 9.89 Å². The number of benzene rings is 1. The van der Waals surface area contributed by atoms with Crippen LogP contribution in [0.5, 0.6) is 0 Å². The van der Waals surface area contributed by atoms with E-state index in [0.29, 0.717) is 17.1 Å². The van der Waals surface area contributed by atoms with Crippen molar-refractivity contribution in [1.29, 1.82) is 0 Å². The number of rotatable bonds is 4. The molecule has 0 radical (unpaired) electrons. The first kappa shape index (κ1) is 13.8. The van der Waals surface area contributed by atoms with Gasteiger partial charge in [-0.25, -0.2) is 4.98 Å². The summed E-state index contributed by atoms with van der Waals surface area (Å²) in [4.78, 5) is 16.7. The van der Waals surface area contributed by atoms with Crippen LogP contribution in [0.2, 0.25) is 0 Å². The standard InChI is InChI=1S/C16H15N5O/c1-17-12-4-2-5-13(8-12)20-16(22)15-7-3-6-14(21-15)11-9-18-19-10-11/h2-10,17H,1H3,(H,18,19)(H,20,22). The fourth-order valence-corrected chi connectivity index (χ4v) is 2.06. The third kappa shape index (κ3) is 2.95. The van der Waals surface area contributed by atoms with Gasteiger partial charge >= 0.3 is 0 Å². The van der Waals surface area contributed by atoms with E-state index in [2.05, 4.69) is 25.8 Å². The van der Waals surface area contributed by atoms with Gasteiger partial charge in [-0.2, -0.15) is 5.10 Å². The van der Waals surface area contributed by atoms with Gasteiger partial charge < -0.3 is 10.6 Å². The molecule has 0 spiro atoms. The predicted molar refractivity (Wildman–Crippen MR) is 85.8 cm³/mol. The molecule has 3 aromatic rings. The second kappa shape index (κ2) is 6.09. The van der Waals surface area contributed by atoms with Crippen LogP contribution in [0.15, 0.2) is 54.9 Å². The Kier molecular flexibility index (Phi) is 3.82. The zero-order valence-electron chi connectivity index (χ0n) is 12.0. The van der Waals surface area contributed by atoms with Gasteiger partial charge in [-0.05, 0) is 30.3 Å². The van der Waals surface area contributed by atoms with Crippen LogP contribution in [0.3, 0.4) is 0 Å². The molecule has 110 valence electrons. The molecule has 0 bridgehead atoms. The van der Waals surface area contributed by atoms with Crippen LogP contribution in [-0.4, -0.2) is 28.1 Å². The molecule has 6 heteroatoms. The number of aromatic amines is 1. The molecule has 1 amide bonds. The van der Waals surface area contributed by atoms with Crippen LogP contribution >= 0.6 is 0 Å². The molecule has 0 unspecified atom stereocenters. The van der Waals surface area contributed by atoms with Crippen molar-refractivity contribution in [2.24, 2.45) is 0 Å². The van der Waals surface area contributed by atoms with E-state index < -0.39 is 0 Å². The fourth-order valence-electron chi connectivity index (χ4n) is 2.06. The monoisotopic (exact) mass is 293 g/mol. The van der Waals surface area contributed by atoms with Crippen LogP contribution < -0.4 is 10.6 Å². The number of hydrogen-bond acceptors (Lipinski definition) is 4. The second-order valence-corrected chi connectivity index (χ2v) is 4.68. The van der Waals surface area contributed by atoms with Gasteiger partial charge in [0.15, 0.2) is 0 Å². The summed E-state index contributed by atoms with van der Waals surface area (Å²) < 4.78 is 0. The molecule has 0 fully saturated rings. The lowest BCUT2D eigenvalue weighted by atomic mass is 10.2. The zero-order valence-corrected chi connectivity index (χ0v) is 12.0. The van der Waals surface area contributed by atoms with Crippen molar-refractivity contribution in [3.8, 4) is 11.3 Å². The first-order valence-corrected chi connectivity index (χ1v) is 6.81. The normalized spacial score (nSPS) is 10.2. The molecule has 0 saturated heterocycles. The number of amides is 1. The van der Waals surface area contributed by atoms with E-state index >= 15 is 0 Å². The molecule has 0 saturated carbocycles. The average Bonchev–Trinajstić information content (AvgIpc) is 3.09. The maximum atomic E-state index is 12.3. The molecule has 22 heavy (non-hydrogen) atoms. The Morgan fingerprint density at radius 1 is 1.14 bits per heavy atom. The number of aromatic nitrogens is 3. The molecule has 1 aromatic carbocycles. The lowest BCUT2D eigenvalue weighted by Crippen LogP contribution is -2.13. The summed E-state index contributed by atoms with van der Waals surface area (Å²) in [6, 6.07) is 12.8.